The van der Waals surface area contributed by atoms with Crippen LogP contribution in [0.15, 0.2) is 6.07 Å². The van der Waals surface area contributed by atoms with E-state index in [0.717, 1.165) is 56.4 Å². The van der Waals surface area contributed by atoms with Gasteiger partial charge in [-0.05, 0) is 99.6 Å². The second kappa shape index (κ2) is 13.4. The van der Waals surface area contributed by atoms with Crippen LogP contribution in [0.1, 0.15) is 101 Å². The van der Waals surface area contributed by atoms with Crippen molar-refractivity contribution < 1.29 is 19.1 Å². The Kier molecular flexibility index (Phi) is 9.54. The van der Waals surface area contributed by atoms with E-state index in [4.69, 9.17) is 25.6 Å². The number of rotatable bonds is 6. The Morgan fingerprint density at radius 2 is 1.92 bits per heavy atom. The van der Waals surface area contributed by atoms with Crippen molar-refractivity contribution in [2.45, 2.75) is 121 Å². The highest BCUT2D eigenvalue weighted by Crippen LogP contribution is 2.46. The maximum atomic E-state index is 14.0. The van der Waals surface area contributed by atoms with Crippen LogP contribution in [0.5, 0.6) is 6.01 Å². The summed E-state index contributed by atoms with van der Waals surface area (Å²) in [5.41, 5.74) is 5.83. The summed E-state index contributed by atoms with van der Waals surface area (Å²) in [5.74, 6) is 0.0444. The number of carbonyl (C=O) groups is 2. The molecule has 3 fully saturated rings. The number of nitrogens with two attached hydrogens (primary N) is 1. The molecular formula is C35H49N9O4S. The summed E-state index contributed by atoms with van der Waals surface area (Å²) in [6.07, 6.45) is 6.36. The quantitative estimate of drug-likeness (QED) is 0.288. The summed E-state index contributed by atoms with van der Waals surface area (Å²) < 4.78 is 12.2. The summed E-state index contributed by atoms with van der Waals surface area (Å²) in [7, 11) is 2.09. The Balaban J connectivity index is 1.30. The number of nitrogen functional groups attached to an aromatic ring is 1. The molecule has 1 saturated carbocycles. The molecule has 264 valence electrons. The fourth-order valence-electron chi connectivity index (χ4n) is 8.18. The van der Waals surface area contributed by atoms with Crippen LogP contribution >= 0.6 is 11.3 Å². The number of aryl methyl sites for hydroxylation is 1. The lowest BCUT2D eigenvalue weighted by Crippen LogP contribution is -2.60. The lowest BCUT2D eigenvalue weighted by atomic mass is 9.72. The van der Waals surface area contributed by atoms with E-state index in [1.54, 1.807) is 6.07 Å². The molecule has 6 rings (SSSR count). The van der Waals surface area contributed by atoms with Crippen molar-refractivity contribution in [3.8, 4) is 12.1 Å². The van der Waals surface area contributed by atoms with Gasteiger partial charge in [-0.2, -0.15) is 15.2 Å². The number of nitriles is 1. The zero-order valence-corrected chi connectivity index (χ0v) is 30.3. The molecule has 2 aliphatic heterocycles. The second-order valence-corrected chi connectivity index (χ2v) is 16.2. The standard InChI is InChI=1S/C35H49N9O4S/c1-20(23-12-9-15-42(23)6)47-32-39-22(29(37)41-31(45)35(5)14-8-13-26-28(35)21(19-36)30(38)49-26)18-27(40-32)43-16-17-44(25-11-7-10-24(25)43)33(46)48-34(2,3)4/h18,20,23-25H,7-17,38H2,1-6H3,(H2,37,41,45)/t20-,23-,24?,25?,35-/m0/s1. The topological polar surface area (TPSA) is 174 Å². The number of amides is 2. The van der Waals surface area contributed by atoms with Crippen LogP contribution in [0.25, 0.3) is 0 Å². The van der Waals surface area contributed by atoms with Gasteiger partial charge in [0.05, 0.1) is 23.1 Å². The summed E-state index contributed by atoms with van der Waals surface area (Å²) in [6, 6.07) is 4.26. The zero-order valence-electron chi connectivity index (χ0n) is 29.5. The van der Waals surface area contributed by atoms with E-state index in [0.29, 0.717) is 41.5 Å². The van der Waals surface area contributed by atoms with Gasteiger partial charge in [0, 0.05) is 35.6 Å². The number of nitrogens with one attached hydrogen (secondary N) is 2. The fraction of sp³-hybridized carbons (Fsp3) is 0.657. The molecule has 4 heterocycles. The van der Waals surface area contributed by atoms with E-state index in [1.165, 1.54) is 11.3 Å². The van der Waals surface area contributed by atoms with Gasteiger partial charge in [-0.3, -0.25) is 15.1 Å². The number of fused-ring (bicyclic) bond motifs is 2. The second-order valence-electron chi connectivity index (χ2n) is 15.1. The highest BCUT2D eigenvalue weighted by Gasteiger charge is 2.45. The molecule has 0 radical (unpaired) electrons. The summed E-state index contributed by atoms with van der Waals surface area (Å²) >= 11 is 1.37. The molecule has 2 aromatic rings. The number of likely N-dealkylation sites (N-methyl/N-ethyl adjacent to an activating group) is 1. The minimum absolute atomic E-state index is 0.00653. The molecular weight excluding hydrogens is 643 g/mol. The van der Waals surface area contributed by atoms with Crippen molar-refractivity contribution in [1.29, 1.82) is 10.7 Å². The third-order valence-corrected chi connectivity index (χ3v) is 11.7. The molecule has 4 aliphatic rings. The highest BCUT2D eigenvalue weighted by atomic mass is 32.1. The normalized spacial score (nSPS) is 26.0. The molecule has 49 heavy (non-hydrogen) atoms. The molecule has 0 bridgehead atoms. The molecule has 2 amide bonds. The number of hydrogen-bond donors (Lipinski definition) is 3. The number of carbonyl (C=O) groups excluding carboxylic acids is 2. The van der Waals surface area contributed by atoms with Gasteiger partial charge in [-0.25, -0.2) is 4.79 Å². The maximum Gasteiger partial charge on any atom is 0.410 e. The van der Waals surface area contributed by atoms with Crippen molar-refractivity contribution in [3.05, 3.63) is 27.8 Å². The number of aromatic nitrogens is 2. The molecule has 2 aliphatic carbocycles. The van der Waals surface area contributed by atoms with E-state index >= 15 is 0 Å². The first kappa shape index (κ1) is 34.9. The maximum absolute atomic E-state index is 14.0. The average molecular weight is 692 g/mol. The molecule has 0 spiro atoms. The molecule has 14 heteroatoms. The first-order valence-electron chi connectivity index (χ1n) is 17.4. The van der Waals surface area contributed by atoms with Crippen LogP contribution in [0, 0.1) is 16.7 Å². The first-order valence-corrected chi connectivity index (χ1v) is 18.3. The smallest absolute Gasteiger partial charge is 0.410 e. The van der Waals surface area contributed by atoms with Gasteiger partial charge < -0.3 is 30.3 Å². The van der Waals surface area contributed by atoms with Crippen molar-refractivity contribution in [3.63, 3.8) is 0 Å². The van der Waals surface area contributed by atoms with Crippen LogP contribution in [0.4, 0.5) is 15.6 Å². The van der Waals surface area contributed by atoms with Gasteiger partial charge in [-0.15, -0.1) is 11.3 Å². The van der Waals surface area contributed by atoms with Crippen LogP contribution in [0.3, 0.4) is 0 Å². The van der Waals surface area contributed by atoms with Crippen LogP contribution in [-0.2, 0) is 21.4 Å². The number of likely N-dealkylation sites (tertiary alicyclic amines) is 1. The lowest BCUT2D eigenvalue weighted by molar-refractivity contribution is -0.125. The Hall–Kier alpha value is -3.96. The van der Waals surface area contributed by atoms with Crippen molar-refractivity contribution in [1.82, 2.24) is 25.1 Å². The van der Waals surface area contributed by atoms with E-state index in [2.05, 4.69) is 33.2 Å². The van der Waals surface area contributed by atoms with Crippen molar-refractivity contribution in [2.75, 3.05) is 37.3 Å². The third kappa shape index (κ3) is 6.79. The number of piperazine rings is 1. The summed E-state index contributed by atoms with van der Waals surface area (Å²) in [6.45, 7) is 11.5. The molecule has 5 atom stereocenters. The van der Waals surface area contributed by atoms with Gasteiger partial charge in [0.25, 0.3) is 0 Å². The summed E-state index contributed by atoms with van der Waals surface area (Å²) in [4.78, 5) is 44.0. The fourth-order valence-corrected chi connectivity index (χ4v) is 9.37. The predicted octanol–water partition coefficient (Wildman–Crippen LogP) is 4.57. The van der Waals surface area contributed by atoms with Gasteiger partial charge >= 0.3 is 12.1 Å². The number of amidine groups is 1. The van der Waals surface area contributed by atoms with Crippen LogP contribution in [-0.4, -0.2) is 94.1 Å². The molecule has 4 N–H and O–H groups in total. The number of anilines is 2. The average Bonchev–Trinajstić information content (AvgIpc) is 3.78. The Labute approximate surface area is 292 Å². The van der Waals surface area contributed by atoms with Crippen LogP contribution in [0.2, 0.25) is 0 Å². The Bertz CT molecular complexity index is 1660. The SMILES string of the molecule is C[C@H](Oc1nc(C(=N)NC(=O)[C@@]2(C)CCCc3sc(N)c(C#N)c32)cc(N2CCN(C(=O)OC(C)(C)C)C3CCCC32)n1)[C@@H]1CCCN1C. The largest absolute Gasteiger partial charge is 0.459 e. The molecule has 2 aromatic heterocycles. The van der Waals surface area contributed by atoms with Crippen LogP contribution < -0.4 is 20.7 Å². The van der Waals surface area contributed by atoms with Gasteiger partial charge in [0.1, 0.15) is 34.3 Å². The Morgan fingerprint density at radius 1 is 1.16 bits per heavy atom. The lowest BCUT2D eigenvalue weighted by Gasteiger charge is -2.45. The minimum Gasteiger partial charge on any atom is -0.459 e. The Morgan fingerprint density at radius 3 is 2.61 bits per heavy atom. The number of thiophene rings is 1. The van der Waals surface area contributed by atoms with E-state index in [9.17, 15) is 14.9 Å². The number of ether oxygens (including phenoxy) is 2. The first-order chi connectivity index (χ1) is 23.2. The monoisotopic (exact) mass is 691 g/mol. The van der Waals surface area contributed by atoms with Gasteiger partial charge in [-0.1, -0.05) is 0 Å². The van der Waals surface area contributed by atoms with Crippen molar-refractivity contribution >= 4 is 40.0 Å². The zero-order chi connectivity index (χ0) is 35.2. The van der Waals surface area contributed by atoms with E-state index < -0.39 is 11.0 Å². The minimum atomic E-state index is -1.02. The molecule has 0 aromatic carbocycles. The third-order valence-electron chi connectivity index (χ3n) is 10.6. The number of hydrogen-bond acceptors (Lipinski definition) is 12. The molecule has 2 saturated heterocycles. The number of nitrogens with zero attached hydrogens (tertiary/aromatic N) is 6. The molecule has 2 unspecified atom stereocenters. The van der Waals surface area contributed by atoms with Gasteiger partial charge in [0.15, 0.2) is 5.84 Å². The summed E-state index contributed by atoms with van der Waals surface area (Å²) in [5, 5.41) is 22.2. The van der Waals surface area contributed by atoms with Gasteiger partial charge in [0.2, 0.25) is 5.91 Å². The van der Waals surface area contributed by atoms with Crippen molar-refractivity contribution in [2.24, 2.45) is 0 Å². The predicted molar refractivity (Wildman–Crippen MR) is 188 cm³/mol. The van der Waals surface area contributed by atoms with E-state index in [-0.39, 0.29) is 53.8 Å². The van der Waals surface area contributed by atoms with E-state index in [1.807, 2.05) is 39.5 Å². The molecule has 13 nitrogen and oxygen atoms in total. The highest BCUT2D eigenvalue weighted by molar-refractivity contribution is 7.16.